The van der Waals surface area contributed by atoms with Gasteiger partial charge < -0.3 is 14.4 Å². The van der Waals surface area contributed by atoms with Gasteiger partial charge in [0.15, 0.2) is 4.75 Å². The lowest BCUT2D eigenvalue weighted by atomic mass is 9.77. The van der Waals surface area contributed by atoms with E-state index in [1.165, 1.54) is 0 Å². The maximum atomic E-state index is 13.8. The molecule has 5 heteroatoms. The summed E-state index contributed by atoms with van der Waals surface area (Å²) in [4.78, 5) is 15.8. The number of carbonyl (C=O) groups is 1. The van der Waals surface area contributed by atoms with Gasteiger partial charge in [0.2, 0.25) is 0 Å². The quantitative estimate of drug-likeness (QED) is 0.712. The van der Waals surface area contributed by atoms with Crippen LogP contribution in [0.4, 0.5) is 5.69 Å². The molecule has 0 saturated carbocycles. The molecule has 0 aliphatic carbocycles. The summed E-state index contributed by atoms with van der Waals surface area (Å²) >= 11 is 1.72. The minimum atomic E-state index is -0.786. The molecule has 1 spiro atoms. The van der Waals surface area contributed by atoms with Crippen LogP contribution in [0.3, 0.4) is 0 Å². The summed E-state index contributed by atoms with van der Waals surface area (Å²) < 4.78 is 11.8. The largest absolute Gasteiger partial charge is 0.493 e. The van der Waals surface area contributed by atoms with Gasteiger partial charge in [0.25, 0.3) is 5.91 Å². The highest BCUT2D eigenvalue weighted by molar-refractivity contribution is 8.01. The number of hydrogen-bond donors (Lipinski definition) is 0. The van der Waals surface area contributed by atoms with Gasteiger partial charge in [-0.2, -0.15) is 0 Å². The van der Waals surface area contributed by atoms with Crippen molar-refractivity contribution in [2.45, 2.75) is 23.7 Å². The van der Waals surface area contributed by atoms with E-state index < -0.39 is 10.3 Å². The average molecular weight is 367 g/mol. The van der Waals surface area contributed by atoms with Crippen molar-refractivity contribution in [2.75, 3.05) is 30.4 Å². The van der Waals surface area contributed by atoms with E-state index in [0.29, 0.717) is 19.8 Å². The molecule has 3 aliphatic heterocycles. The standard InChI is InChI=1S/C21H21NO3S/c1-20-16-8-3-5-10-18(16)24-12-6-11-22-17-9-4-2-7-15(17)21(20,19(22)23)26-14-13-25-20/h2-5,7-10H,6,11-14H2,1H3/t20-,21-/m1/s1. The molecular weight excluding hydrogens is 346 g/mol. The molecule has 3 heterocycles. The summed E-state index contributed by atoms with van der Waals surface area (Å²) in [6.07, 6.45) is 0.798. The van der Waals surface area contributed by atoms with Crippen LogP contribution in [-0.2, 0) is 19.9 Å². The summed E-state index contributed by atoms with van der Waals surface area (Å²) in [6, 6.07) is 16.2. The zero-order valence-corrected chi connectivity index (χ0v) is 15.6. The van der Waals surface area contributed by atoms with Crippen LogP contribution in [0, 0.1) is 0 Å². The first-order valence-electron chi connectivity index (χ1n) is 9.10. The molecule has 1 fully saturated rings. The molecule has 134 valence electrons. The van der Waals surface area contributed by atoms with Crippen LogP contribution in [0.5, 0.6) is 5.75 Å². The number of anilines is 1. The second-order valence-corrected chi connectivity index (χ2v) is 8.39. The van der Waals surface area contributed by atoms with Gasteiger partial charge in [0, 0.05) is 29.1 Å². The summed E-state index contributed by atoms with van der Waals surface area (Å²) in [6.45, 7) is 3.92. The van der Waals surface area contributed by atoms with Crippen molar-refractivity contribution in [2.24, 2.45) is 0 Å². The first-order chi connectivity index (χ1) is 12.7. The van der Waals surface area contributed by atoms with Crippen molar-refractivity contribution in [1.29, 1.82) is 0 Å². The van der Waals surface area contributed by atoms with Crippen molar-refractivity contribution < 1.29 is 14.3 Å². The lowest BCUT2D eigenvalue weighted by Gasteiger charge is -2.48. The number of carbonyl (C=O) groups excluding carboxylic acids is 1. The number of thioether (sulfide) groups is 1. The van der Waals surface area contributed by atoms with Gasteiger partial charge in [0.05, 0.1) is 13.2 Å². The van der Waals surface area contributed by atoms with E-state index in [4.69, 9.17) is 9.47 Å². The highest BCUT2D eigenvalue weighted by Gasteiger charge is 2.65. The third kappa shape index (κ3) is 1.93. The lowest BCUT2D eigenvalue weighted by Crippen LogP contribution is -2.56. The van der Waals surface area contributed by atoms with Crippen LogP contribution < -0.4 is 9.64 Å². The van der Waals surface area contributed by atoms with Crippen LogP contribution in [0.1, 0.15) is 24.5 Å². The zero-order chi connectivity index (χ0) is 17.8. The Hall–Kier alpha value is -1.98. The van der Waals surface area contributed by atoms with Crippen LogP contribution in [0.25, 0.3) is 0 Å². The predicted octanol–water partition coefficient (Wildman–Crippen LogP) is 3.69. The molecule has 3 aliphatic rings. The third-order valence-corrected chi connectivity index (χ3v) is 7.36. The number of rotatable bonds is 0. The Bertz CT molecular complexity index is 885. The Morgan fingerprint density at radius 1 is 1.04 bits per heavy atom. The molecule has 1 saturated heterocycles. The highest BCUT2D eigenvalue weighted by atomic mass is 32.2. The summed E-state index contributed by atoms with van der Waals surface area (Å²) in [5.74, 6) is 1.76. The summed E-state index contributed by atoms with van der Waals surface area (Å²) in [5.41, 5.74) is 2.25. The predicted molar refractivity (Wildman–Crippen MR) is 103 cm³/mol. The third-order valence-electron chi connectivity index (χ3n) is 5.77. The van der Waals surface area contributed by atoms with Gasteiger partial charge in [-0.1, -0.05) is 36.4 Å². The van der Waals surface area contributed by atoms with E-state index in [2.05, 4.69) is 19.1 Å². The fraction of sp³-hybridized carbons (Fsp3) is 0.381. The fourth-order valence-corrected chi connectivity index (χ4v) is 6.06. The number of benzene rings is 2. The first-order valence-corrected chi connectivity index (χ1v) is 10.1. The second-order valence-electron chi connectivity index (χ2n) is 7.08. The van der Waals surface area contributed by atoms with Gasteiger partial charge in [-0.3, -0.25) is 4.79 Å². The number of fused-ring (bicyclic) bond motifs is 5. The molecule has 2 aromatic rings. The smallest absolute Gasteiger partial charge is 0.251 e. The van der Waals surface area contributed by atoms with Crippen LogP contribution >= 0.6 is 11.8 Å². The van der Waals surface area contributed by atoms with Crippen molar-refractivity contribution in [3.8, 4) is 5.75 Å². The van der Waals surface area contributed by atoms with Gasteiger partial charge in [-0.15, -0.1) is 11.8 Å². The molecule has 2 bridgehead atoms. The Morgan fingerprint density at radius 3 is 2.69 bits per heavy atom. The molecule has 2 aromatic carbocycles. The Morgan fingerprint density at radius 2 is 1.81 bits per heavy atom. The molecule has 26 heavy (non-hydrogen) atoms. The number of para-hydroxylation sites is 2. The monoisotopic (exact) mass is 367 g/mol. The minimum absolute atomic E-state index is 0.141. The van der Waals surface area contributed by atoms with Gasteiger partial charge in [-0.05, 0) is 25.5 Å². The van der Waals surface area contributed by atoms with E-state index in [9.17, 15) is 4.79 Å². The topological polar surface area (TPSA) is 38.8 Å². The van der Waals surface area contributed by atoms with Crippen molar-refractivity contribution >= 4 is 23.4 Å². The number of ether oxygens (including phenoxy) is 2. The van der Waals surface area contributed by atoms with Gasteiger partial charge in [-0.25, -0.2) is 0 Å². The van der Waals surface area contributed by atoms with Crippen molar-refractivity contribution in [3.05, 3.63) is 59.7 Å². The Labute approximate surface area is 157 Å². The number of hydrogen-bond acceptors (Lipinski definition) is 4. The first kappa shape index (κ1) is 16.2. The summed E-state index contributed by atoms with van der Waals surface area (Å²) in [5, 5.41) is 0. The van der Waals surface area contributed by atoms with Crippen LogP contribution in [0.2, 0.25) is 0 Å². The fourth-order valence-electron chi connectivity index (χ4n) is 4.58. The molecule has 0 N–H and O–H groups in total. The van der Waals surface area contributed by atoms with E-state index in [1.54, 1.807) is 11.8 Å². The minimum Gasteiger partial charge on any atom is -0.493 e. The molecule has 0 aromatic heterocycles. The zero-order valence-electron chi connectivity index (χ0n) is 14.7. The average Bonchev–Trinajstić information content (AvgIpc) is 2.90. The molecule has 2 atom stereocenters. The molecule has 0 radical (unpaired) electrons. The van der Waals surface area contributed by atoms with E-state index in [-0.39, 0.29) is 5.91 Å². The van der Waals surface area contributed by atoms with E-state index >= 15 is 0 Å². The molecular formula is C21H21NO3S. The van der Waals surface area contributed by atoms with Crippen molar-refractivity contribution in [3.63, 3.8) is 0 Å². The second kappa shape index (κ2) is 5.76. The Balaban J connectivity index is 1.84. The Kier molecular flexibility index (Phi) is 3.59. The number of nitrogens with zero attached hydrogens (tertiary/aromatic N) is 1. The van der Waals surface area contributed by atoms with Gasteiger partial charge >= 0.3 is 0 Å². The van der Waals surface area contributed by atoms with E-state index in [0.717, 1.165) is 34.7 Å². The molecule has 0 unspecified atom stereocenters. The number of amides is 1. The molecule has 1 amide bonds. The highest BCUT2D eigenvalue weighted by Crippen LogP contribution is 2.62. The van der Waals surface area contributed by atoms with Gasteiger partial charge in [0.1, 0.15) is 11.4 Å². The van der Waals surface area contributed by atoms with Crippen LogP contribution in [0.15, 0.2) is 48.5 Å². The maximum Gasteiger partial charge on any atom is 0.251 e. The van der Waals surface area contributed by atoms with Crippen LogP contribution in [-0.4, -0.2) is 31.4 Å². The SMILES string of the molecule is C[C@]12OCCS[C@]13C(=O)N(CCCOc1ccccc12)c1ccccc13. The lowest BCUT2D eigenvalue weighted by molar-refractivity contribution is -0.134. The molecule has 4 nitrogen and oxygen atoms in total. The maximum absolute atomic E-state index is 13.8. The summed E-state index contributed by atoms with van der Waals surface area (Å²) in [7, 11) is 0. The molecule has 5 rings (SSSR count). The van der Waals surface area contributed by atoms with E-state index in [1.807, 2.05) is 41.3 Å². The normalized spacial score (nSPS) is 30.0. The van der Waals surface area contributed by atoms with Crippen molar-refractivity contribution in [1.82, 2.24) is 0 Å².